The molecule has 0 fully saturated rings. The second kappa shape index (κ2) is 10.7. The van der Waals surface area contributed by atoms with Gasteiger partial charge in [-0.25, -0.2) is 0 Å². The molecule has 0 amide bonds. The van der Waals surface area contributed by atoms with Crippen molar-refractivity contribution in [2.45, 2.75) is 59.8 Å². The summed E-state index contributed by atoms with van der Waals surface area (Å²) < 4.78 is 0. The number of rotatable bonds is 8. The zero-order valence-corrected chi connectivity index (χ0v) is 11.5. The van der Waals surface area contributed by atoms with Crippen molar-refractivity contribution in [1.82, 2.24) is 0 Å². The molecule has 92 valence electrons. The highest BCUT2D eigenvalue weighted by Gasteiger charge is 2.09. The molecular formula is C16H28. The SMILES string of the molecule is C\C=C/C(=C\C=C\CC)C(CCC)CCC. The van der Waals surface area contributed by atoms with Crippen molar-refractivity contribution in [3.05, 3.63) is 36.0 Å². The van der Waals surface area contributed by atoms with E-state index in [0.29, 0.717) is 0 Å². The maximum absolute atomic E-state index is 2.29. The lowest BCUT2D eigenvalue weighted by Gasteiger charge is -2.16. The van der Waals surface area contributed by atoms with Crippen LogP contribution in [0.2, 0.25) is 0 Å². The van der Waals surface area contributed by atoms with Crippen LogP contribution in [0.25, 0.3) is 0 Å². The van der Waals surface area contributed by atoms with Crippen molar-refractivity contribution < 1.29 is 0 Å². The molecule has 0 aromatic carbocycles. The second-order valence-corrected chi connectivity index (χ2v) is 4.28. The van der Waals surface area contributed by atoms with Crippen LogP contribution in [0.5, 0.6) is 0 Å². The molecule has 0 saturated carbocycles. The Morgan fingerprint density at radius 1 is 1.06 bits per heavy atom. The molecule has 0 unspecified atom stereocenters. The van der Waals surface area contributed by atoms with Crippen molar-refractivity contribution in [2.24, 2.45) is 5.92 Å². The van der Waals surface area contributed by atoms with Crippen LogP contribution in [-0.4, -0.2) is 0 Å². The molecule has 0 heterocycles. The first-order chi connectivity index (χ1) is 7.79. The fraction of sp³-hybridized carbons (Fsp3) is 0.625. The standard InChI is InChI=1S/C16H28/c1-5-9-10-14-16(13-8-4)15(11-6-2)12-7-3/h8-10,13-15H,5-7,11-12H2,1-4H3/b10-9+,13-8-,16-14+. The topological polar surface area (TPSA) is 0 Å². The minimum atomic E-state index is 0.743. The second-order valence-electron chi connectivity index (χ2n) is 4.28. The van der Waals surface area contributed by atoms with Crippen LogP contribution >= 0.6 is 0 Å². The Kier molecular flexibility index (Phi) is 10.2. The van der Waals surface area contributed by atoms with Crippen LogP contribution in [0.1, 0.15) is 59.8 Å². The van der Waals surface area contributed by atoms with Crippen LogP contribution in [0, 0.1) is 5.92 Å². The molecule has 0 aromatic rings. The van der Waals surface area contributed by atoms with Crippen molar-refractivity contribution >= 4 is 0 Å². The van der Waals surface area contributed by atoms with Gasteiger partial charge in [-0.15, -0.1) is 0 Å². The zero-order valence-electron chi connectivity index (χ0n) is 11.5. The zero-order chi connectivity index (χ0) is 12.2. The highest BCUT2D eigenvalue weighted by molar-refractivity contribution is 5.26. The minimum absolute atomic E-state index is 0.743. The van der Waals surface area contributed by atoms with Gasteiger partial charge in [0, 0.05) is 0 Å². The third-order valence-electron chi connectivity index (χ3n) is 2.77. The Labute approximate surface area is 102 Å². The van der Waals surface area contributed by atoms with E-state index in [4.69, 9.17) is 0 Å². The molecule has 0 aromatic heterocycles. The van der Waals surface area contributed by atoms with Gasteiger partial charge < -0.3 is 0 Å². The molecule has 0 atom stereocenters. The lowest BCUT2D eigenvalue weighted by molar-refractivity contribution is 0.512. The Morgan fingerprint density at radius 2 is 1.69 bits per heavy atom. The van der Waals surface area contributed by atoms with E-state index in [0.717, 1.165) is 12.3 Å². The van der Waals surface area contributed by atoms with Crippen LogP contribution in [-0.2, 0) is 0 Å². The summed E-state index contributed by atoms with van der Waals surface area (Å²) in [5, 5.41) is 0. The monoisotopic (exact) mass is 220 g/mol. The maximum Gasteiger partial charge on any atom is -0.0162 e. The van der Waals surface area contributed by atoms with Crippen LogP contribution in [0.3, 0.4) is 0 Å². The van der Waals surface area contributed by atoms with Crippen molar-refractivity contribution in [1.29, 1.82) is 0 Å². The van der Waals surface area contributed by atoms with Crippen molar-refractivity contribution in [3.8, 4) is 0 Å². The molecule has 0 aliphatic rings. The number of hydrogen-bond donors (Lipinski definition) is 0. The quantitative estimate of drug-likeness (QED) is 0.462. The minimum Gasteiger partial charge on any atom is -0.0874 e. The predicted molar refractivity (Wildman–Crippen MR) is 75.6 cm³/mol. The average molecular weight is 220 g/mol. The lowest BCUT2D eigenvalue weighted by Crippen LogP contribution is -2.02. The van der Waals surface area contributed by atoms with Gasteiger partial charge >= 0.3 is 0 Å². The summed E-state index contributed by atoms with van der Waals surface area (Å²) in [5.41, 5.74) is 1.50. The summed E-state index contributed by atoms with van der Waals surface area (Å²) in [4.78, 5) is 0. The third-order valence-corrected chi connectivity index (χ3v) is 2.77. The van der Waals surface area contributed by atoms with Gasteiger partial charge in [0.05, 0.1) is 0 Å². The van der Waals surface area contributed by atoms with Gasteiger partial charge in [0.25, 0.3) is 0 Å². The van der Waals surface area contributed by atoms with E-state index in [-0.39, 0.29) is 0 Å². The van der Waals surface area contributed by atoms with Gasteiger partial charge in [-0.1, -0.05) is 64.0 Å². The molecule has 0 bridgehead atoms. The first-order valence-electron chi connectivity index (χ1n) is 6.79. The Hall–Kier alpha value is -0.780. The fourth-order valence-corrected chi connectivity index (χ4v) is 2.01. The third kappa shape index (κ3) is 6.66. The molecule has 16 heavy (non-hydrogen) atoms. The van der Waals surface area contributed by atoms with Gasteiger partial charge in [0.2, 0.25) is 0 Å². The van der Waals surface area contributed by atoms with Crippen molar-refractivity contribution in [3.63, 3.8) is 0 Å². The molecular weight excluding hydrogens is 192 g/mol. The Morgan fingerprint density at radius 3 is 2.12 bits per heavy atom. The molecule has 0 rings (SSSR count). The predicted octanol–water partition coefficient (Wildman–Crippen LogP) is 5.67. The summed E-state index contributed by atoms with van der Waals surface area (Å²) in [6, 6.07) is 0. The summed E-state index contributed by atoms with van der Waals surface area (Å²) in [6.07, 6.45) is 17.4. The average Bonchev–Trinajstić information content (AvgIpc) is 2.28. The molecule has 0 N–H and O–H groups in total. The van der Waals surface area contributed by atoms with Crippen LogP contribution < -0.4 is 0 Å². The van der Waals surface area contributed by atoms with E-state index in [1.807, 2.05) is 0 Å². The highest BCUT2D eigenvalue weighted by Crippen LogP contribution is 2.23. The van der Waals surface area contributed by atoms with E-state index < -0.39 is 0 Å². The van der Waals surface area contributed by atoms with Crippen molar-refractivity contribution in [2.75, 3.05) is 0 Å². The molecule has 0 heteroatoms. The van der Waals surface area contributed by atoms with E-state index >= 15 is 0 Å². The van der Waals surface area contributed by atoms with E-state index in [1.165, 1.54) is 31.3 Å². The first kappa shape index (κ1) is 15.2. The summed E-state index contributed by atoms with van der Waals surface area (Å²) in [5.74, 6) is 0.743. The molecule has 0 radical (unpaired) electrons. The Balaban J connectivity index is 4.67. The normalized spacial score (nSPS) is 13.4. The van der Waals surface area contributed by atoms with E-state index in [9.17, 15) is 0 Å². The fourth-order valence-electron chi connectivity index (χ4n) is 2.01. The molecule has 0 aliphatic heterocycles. The lowest BCUT2D eigenvalue weighted by atomic mass is 9.89. The molecule has 0 nitrogen and oxygen atoms in total. The molecule has 0 aliphatic carbocycles. The van der Waals surface area contributed by atoms with Gasteiger partial charge in [-0.05, 0) is 37.7 Å². The number of allylic oxidation sites excluding steroid dienone is 6. The van der Waals surface area contributed by atoms with Gasteiger partial charge in [0.15, 0.2) is 0 Å². The smallest absolute Gasteiger partial charge is 0.0162 e. The van der Waals surface area contributed by atoms with Crippen LogP contribution in [0.4, 0.5) is 0 Å². The van der Waals surface area contributed by atoms with E-state index in [2.05, 4.69) is 58.1 Å². The van der Waals surface area contributed by atoms with Gasteiger partial charge in [0.1, 0.15) is 0 Å². The number of hydrogen-bond acceptors (Lipinski definition) is 0. The van der Waals surface area contributed by atoms with Crippen LogP contribution in [0.15, 0.2) is 36.0 Å². The molecule has 0 saturated heterocycles. The summed E-state index contributed by atoms with van der Waals surface area (Å²) in [6.45, 7) is 8.83. The Bertz CT molecular complexity index is 224. The van der Waals surface area contributed by atoms with Gasteiger partial charge in [-0.3, -0.25) is 0 Å². The summed E-state index contributed by atoms with van der Waals surface area (Å²) >= 11 is 0. The van der Waals surface area contributed by atoms with Gasteiger partial charge in [-0.2, -0.15) is 0 Å². The summed E-state index contributed by atoms with van der Waals surface area (Å²) in [7, 11) is 0. The highest BCUT2D eigenvalue weighted by atomic mass is 14.1. The first-order valence-corrected chi connectivity index (χ1v) is 6.79. The maximum atomic E-state index is 2.29. The van der Waals surface area contributed by atoms with E-state index in [1.54, 1.807) is 0 Å². The largest absolute Gasteiger partial charge is 0.0874 e. The molecule has 0 spiro atoms.